The van der Waals surface area contributed by atoms with Gasteiger partial charge in [0.15, 0.2) is 0 Å². The van der Waals surface area contributed by atoms with Crippen LogP contribution in [0.3, 0.4) is 0 Å². The second kappa shape index (κ2) is 6.65. The number of nitrogens with one attached hydrogen (secondary N) is 1. The average molecular weight is 288 g/mol. The number of nitrogens with zero attached hydrogens (tertiary/aromatic N) is 3. The highest BCUT2D eigenvalue weighted by Crippen LogP contribution is 2.06. The lowest BCUT2D eigenvalue weighted by atomic mass is 10.1. The number of hydrogen-bond acceptors (Lipinski definition) is 4. The topological polar surface area (TPSA) is 97.1 Å². The molecule has 1 unspecified atom stereocenters. The van der Waals surface area contributed by atoms with Gasteiger partial charge in [0.25, 0.3) is 0 Å². The van der Waals surface area contributed by atoms with Gasteiger partial charge in [0.1, 0.15) is 18.7 Å². The number of carboxylic acid groups (broad SMARTS) is 1. The van der Waals surface area contributed by atoms with Crippen LogP contribution in [0, 0.1) is 0 Å². The van der Waals surface area contributed by atoms with Crippen LogP contribution in [0.5, 0.6) is 0 Å². The quantitative estimate of drug-likeness (QED) is 0.823. The van der Waals surface area contributed by atoms with E-state index in [4.69, 9.17) is 5.11 Å². The number of aromatic carboxylic acids is 1. The number of aromatic nitrogens is 3. The van der Waals surface area contributed by atoms with Crippen LogP contribution in [0.25, 0.3) is 0 Å². The first-order valence-electron chi connectivity index (χ1n) is 6.52. The molecule has 2 N–H and O–H groups in total. The highest BCUT2D eigenvalue weighted by atomic mass is 16.4. The molecule has 110 valence electrons. The minimum Gasteiger partial charge on any atom is -0.478 e. The Morgan fingerprint density at radius 1 is 1.43 bits per heavy atom. The second-order valence-corrected chi connectivity index (χ2v) is 4.60. The van der Waals surface area contributed by atoms with E-state index in [9.17, 15) is 9.59 Å². The molecule has 0 radical (unpaired) electrons. The predicted octanol–water partition coefficient (Wildman–Crippen LogP) is 0.896. The number of carbonyl (C=O) groups is 2. The minimum absolute atomic E-state index is 0.158. The van der Waals surface area contributed by atoms with E-state index in [0.717, 1.165) is 5.56 Å². The van der Waals surface area contributed by atoms with Crippen molar-refractivity contribution in [2.45, 2.75) is 19.4 Å². The number of rotatable bonds is 6. The third kappa shape index (κ3) is 3.88. The SMILES string of the molecule is CC(C(=O)NCCc1cccc(C(=O)O)c1)n1cncn1. The fraction of sp³-hybridized carbons (Fsp3) is 0.286. The Bertz CT molecular complexity index is 625. The number of benzene rings is 1. The molecule has 2 rings (SSSR count). The molecule has 0 saturated heterocycles. The smallest absolute Gasteiger partial charge is 0.335 e. The van der Waals surface area contributed by atoms with Gasteiger partial charge in [-0.05, 0) is 31.0 Å². The largest absolute Gasteiger partial charge is 0.478 e. The van der Waals surface area contributed by atoms with E-state index in [-0.39, 0.29) is 11.5 Å². The van der Waals surface area contributed by atoms with Crippen molar-refractivity contribution in [1.29, 1.82) is 0 Å². The van der Waals surface area contributed by atoms with E-state index in [2.05, 4.69) is 15.4 Å². The van der Waals surface area contributed by atoms with Gasteiger partial charge in [0.05, 0.1) is 5.56 Å². The summed E-state index contributed by atoms with van der Waals surface area (Å²) in [5.41, 5.74) is 1.11. The van der Waals surface area contributed by atoms with Crippen LogP contribution < -0.4 is 5.32 Å². The van der Waals surface area contributed by atoms with Crippen molar-refractivity contribution in [2.75, 3.05) is 6.54 Å². The van der Waals surface area contributed by atoms with Crippen LogP contribution >= 0.6 is 0 Å². The van der Waals surface area contributed by atoms with E-state index in [0.29, 0.717) is 13.0 Å². The highest BCUT2D eigenvalue weighted by molar-refractivity contribution is 5.87. The molecular formula is C14H16N4O3. The first kappa shape index (κ1) is 14.7. The van der Waals surface area contributed by atoms with E-state index in [1.165, 1.54) is 23.4 Å². The standard InChI is InChI=1S/C14H16N4O3/c1-10(18-9-15-8-17-18)13(19)16-6-5-11-3-2-4-12(7-11)14(20)21/h2-4,7-10H,5-6H2,1H3,(H,16,19)(H,20,21). The molecule has 0 fully saturated rings. The fourth-order valence-electron chi connectivity index (χ4n) is 1.88. The summed E-state index contributed by atoms with van der Waals surface area (Å²) >= 11 is 0. The summed E-state index contributed by atoms with van der Waals surface area (Å²) in [5.74, 6) is -1.12. The molecule has 0 aliphatic heterocycles. The Hall–Kier alpha value is -2.70. The Labute approximate surface area is 121 Å². The van der Waals surface area contributed by atoms with Crippen molar-refractivity contribution in [2.24, 2.45) is 0 Å². The van der Waals surface area contributed by atoms with Crippen LogP contribution in [-0.2, 0) is 11.2 Å². The van der Waals surface area contributed by atoms with Gasteiger partial charge in [0.2, 0.25) is 5.91 Å². The van der Waals surface area contributed by atoms with Crippen LogP contribution in [-0.4, -0.2) is 38.3 Å². The fourth-order valence-corrected chi connectivity index (χ4v) is 1.88. The minimum atomic E-state index is -0.958. The summed E-state index contributed by atoms with van der Waals surface area (Å²) in [6, 6.07) is 6.24. The average Bonchev–Trinajstić information content (AvgIpc) is 3.00. The maximum atomic E-state index is 11.9. The summed E-state index contributed by atoms with van der Waals surface area (Å²) in [6.45, 7) is 2.16. The van der Waals surface area contributed by atoms with Gasteiger partial charge in [-0.1, -0.05) is 12.1 Å². The van der Waals surface area contributed by atoms with Crippen molar-refractivity contribution in [3.05, 3.63) is 48.0 Å². The van der Waals surface area contributed by atoms with Gasteiger partial charge >= 0.3 is 5.97 Å². The summed E-state index contributed by atoms with van der Waals surface area (Å²) < 4.78 is 1.47. The first-order valence-corrected chi connectivity index (χ1v) is 6.52. The highest BCUT2D eigenvalue weighted by Gasteiger charge is 2.14. The van der Waals surface area contributed by atoms with Gasteiger partial charge in [-0.3, -0.25) is 4.79 Å². The van der Waals surface area contributed by atoms with E-state index in [1.54, 1.807) is 19.1 Å². The Morgan fingerprint density at radius 2 is 2.24 bits per heavy atom. The molecule has 0 aliphatic rings. The predicted molar refractivity (Wildman–Crippen MR) is 74.8 cm³/mol. The van der Waals surface area contributed by atoms with Gasteiger partial charge in [0, 0.05) is 6.54 Å². The molecule has 1 aromatic heterocycles. The third-order valence-electron chi connectivity index (χ3n) is 3.10. The number of amides is 1. The zero-order valence-corrected chi connectivity index (χ0v) is 11.6. The number of carbonyl (C=O) groups excluding carboxylic acids is 1. The number of hydrogen-bond donors (Lipinski definition) is 2. The van der Waals surface area contributed by atoms with Crippen LogP contribution in [0.2, 0.25) is 0 Å². The Morgan fingerprint density at radius 3 is 2.90 bits per heavy atom. The van der Waals surface area contributed by atoms with E-state index in [1.807, 2.05) is 6.07 Å². The Balaban J connectivity index is 1.85. The molecule has 1 aromatic carbocycles. The molecule has 7 heteroatoms. The summed E-state index contributed by atoms with van der Waals surface area (Å²) in [6.07, 6.45) is 3.43. The molecule has 2 aromatic rings. The van der Waals surface area contributed by atoms with Crippen LogP contribution in [0.4, 0.5) is 0 Å². The lowest BCUT2D eigenvalue weighted by Gasteiger charge is -2.12. The van der Waals surface area contributed by atoms with Gasteiger partial charge in [-0.15, -0.1) is 0 Å². The molecule has 1 heterocycles. The number of carboxylic acids is 1. The third-order valence-corrected chi connectivity index (χ3v) is 3.10. The van der Waals surface area contributed by atoms with Crippen LogP contribution in [0.15, 0.2) is 36.9 Å². The van der Waals surface area contributed by atoms with Gasteiger partial charge in [-0.25, -0.2) is 14.5 Å². The van der Waals surface area contributed by atoms with Crippen molar-refractivity contribution in [3.8, 4) is 0 Å². The molecule has 0 spiro atoms. The van der Waals surface area contributed by atoms with Crippen molar-refractivity contribution >= 4 is 11.9 Å². The zero-order valence-electron chi connectivity index (χ0n) is 11.6. The summed E-state index contributed by atoms with van der Waals surface area (Å²) in [5, 5.41) is 15.6. The molecule has 1 atom stereocenters. The molecular weight excluding hydrogens is 272 g/mol. The summed E-state index contributed by atoms with van der Waals surface area (Å²) in [4.78, 5) is 26.6. The second-order valence-electron chi connectivity index (χ2n) is 4.60. The molecule has 0 saturated carbocycles. The van der Waals surface area contributed by atoms with Gasteiger partial charge < -0.3 is 10.4 Å². The van der Waals surface area contributed by atoms with Crippen molar-refractivity contribution in [3.63, 3.8) is 0 Å². The lowest BCUT2D eigenvalue weighted by Crippen LogP contribution is -2.32. The zero-order chi connectivity index (χ0) is 15.2. The molecule has 0 aliphatic carbocycles. The monoisotopic (exact) mass is 288 g/mol. The van der Waals surface area contributed by atoms with Crippen molar-refractivity contribution < 1.29 is 14.7 Å². The van der Waals surface area contributed by atoms with Gasteiger partial charge in [-0.2, -0.15) is 5.10 Å². The first-order chi connectivity index (χ1) is 10.1. The lowest BCUT2D eigenvalue weighted by molar-refractivity contribution is -0.124. The Kier molecular flexibility index (Phi) is 4.65. The molecule has 1 amide bonds. The maximum absolute atomic E-state index is 11.9. The van der Waals surface area contributed by atoms with E-state index >= 15 is 0 Å². The summed E-state index contributed by atoms with van der Waals surface area (Å²) in [7, 11) is 0. The molecule has 0 bridgehead atoms. The van der Waals surface area contributed by atoms with Crippen LogP contribution in [0.1, 0.15) is 28.9 Å². The normalized spacial score (nSPS) is 11.9. The van der Waals surface area contributed by atoms with E-state index < -0.39 is 12.0 Å². The maximum Gasteiger partial charge on any atom is 0.335 e. The van der Waals surface area contributed by atoms with Crippen molar-refractivity contribution in [1.82, 2.24) is 20.1 Å². The molecule has 21 heavy (non-hydrogen) atoms. The molecule has 7 nitrogen and oxygen atoms in total.